The summed E-state index contributed by atoms with van der Waals surface area (Å²) < 4.78 is 12.6. The second kappa shape index (κ2) is 3.68. The largest absolute Gasteiger partial charge is 0.281 e. The van der Waals surface area contributed by atoms with E-state index in [1.165, 1.54) is 12.1 Å². The van der Waals surface area contributed by atoms with E-state index in [1.807, 2.05) is 0 Å². The number of carbonyl (C=O) groups is 1. The minimum Gasteiger partial charge on any atom is -0.281 e. The van der Waals surface area contributed by atoms with Crippen molar-refractivity contribution in [3.63, 3.8) is 0 Å². The van der Waals surface area contributed by atoms with Crippen molar-refractivity contribution >= 4 is 16.8 Å². The molecular formula is C9H8ClFO. The maximum atomic E-state index is 12.6. The summed E-state index contributed by atoms with van der Waals surface area (Å²) in [7, 11) is 0. The van der Waals surface area contributed by atoms with E-state index < -0.39 is 11.2 Å². The predicted molar refractivity (Wildman–Crippen MR) is 45.7 cm³/mol. The lowest BCUT2D eigenvalue weighted by atomic mass is 10.0. The molecule has 1 rings (SSSR count). The van der Waals surface area contributed by atoms with Crippen LogP contribution in [0.5, 0.6) is 0 Å². The van der Waals surface area contributed by atoms with Crippen molar-refractivity contribution < 1.29 is 9.18 Å². The Hall–Kier alpha value is -0.890. The Labute approximate surface area is 75.2 Å². The van der Waals surface area contributed by atoms with Gasteiger partial charge in [0.2, 0.25) is 5.24 Å². The molecule has 0 N–H and O–H groups in total. The molecule has 0 amide bonds. The fourth-order valence-corrected chi connectivity index (χ4v) is 1.03. The average Bonchev–Trinajstić information content (AvgIpc) is 2.03. The molecule has 0 fully saturated rings. The van der Waals surface area contributed by atoms with Gasteiger partial charge in [-0.15, -0.1) is 0 Å². The number of carbonyl (C=O) groups excluding carboxylic acids is 1. The lowest BCUT2D eigenvalue weighted by molar-refractivity contribution is -0.112. The topological polar surface area (TPSA) is 17.1 Å². The van der Waals surface area contributed by atoms with E-state index in [1.54, 1.807) is 19.1 Å². The summed E-state index contributed by atoms with van der Waals surface area (Å²) >= 11 is 5.25. The third-order valence-corrected chi connectivity index (χ3v) is 2.02. The second-order valence-corrected chi connectivity index (χ2v) is 2.95. The molecule has 1 nitrogen and oxygen atoms in total. The van der Waals surface area contributed by atoms with Crippen molar-refractivity contribution in [2.75, 3.05) is 0 Å². The molecule has 0 aromatic heterocycles. The van der Waals surface area contributed by atoms with Gasteiger partial charge in [-0.05, 0) is 29.3 Å². The van der Waals surface area contributed by atoms with Crippen molar-refractivity contribution in [2.24, 2.45) is 0 Å². The normalized spacial score (nSPS) is 12.6. The van der Waals surface area contributed by atoms with Gasteiger partial charge >= 0.3 is 0 Å². The molecule has 1 atom stereocenters. The Morgan fingerprint density at radius 3 is 2.75 bits per heavy atom. The Balaban J connectivity index is 2.95. The van der Waals surface area contributed by atoms with Gasteiger partial charge in [0.1, 0.15) is 5.82 Å². The number of benzene rings is 1. The zero-order valence-corrected chi connectivity index (χ0v) is 7.31. The van der Waals surface area contributed by atoms with Gasteiger partial charge in [0.05, 0.1) is 5.92 Å². The first kappa shape index (κ1) is 9.20. The summed E-state index contributed by atoms with van der Waals surface area (Å²) in [5, 5.41) is -0.472. The average molecular weight is 187 g/mol. The highest BCUT2D eigenvalue weighted by Gasteiger charge is 2.12. The third kappa shape index (κ3) is 2.05. The van der Waals surface area contributed by atoms with E-state index in [4.69, 9.17) is 11.6 Å². The molecule has 0 bridgehead atoms. The number of hydrogen-bond acceptors (Lipinski definition) is 1. The summed E-state index contributed by atoms with van der Waals surface area (Å²) in [6.07, 6.45) is 0. The van der Waals surface area contributed by atoms with Crippen LogP contribution in [0.25, 0.3) is 0 Å². The van der Waals surface area contributed by atoms with Crippen LogP contribution < -0.4 is 0 Å². The van der Waals surface area contributed by atoms with E-state index in [9.17, 15) is 9.18 Å². The van der Waals surface area contributed by atoms with Gasteiger partial charge in [0.25, 0.3) is 0 Å². The molecule has 0 aliphatic carbocycles. The molecule has 0 aliphatic rings. The molecule has 12 heavy (non-hydrogen) atoms. The van der Waals surface area contributed by atoms with E-state index >= 15 is 0 Å². The van der Waals surface area contributed by atoms with Gasteiger partial charge in [0, 0.05) is 0 Å². The number of hydrogen-bond donors (Lipinski definition) is 0. The Bertz CT molecular complexity index is 298. The molecule has 64 valence electrons. The molecule has 0 spiro atoms. The van der Waals surface area contributed by atoms with E-state index in [-0.39, 0.29) is 5.82 Å². The smallest absolute Gasteiger partial charge is 0.228 e. The summed E-state index contributed by atoms with van der Waals surface area (Å²) in [6.45, 7) is 1.64. The van der Waals surface area contributed by atoms with Crippen molar-refractivity contribution in [1.82, 2.24) is 0 Å². The minimum atomic E-state index is -0.472. The molecule has 0 heterocycles. The first-order valence-electron chi connectivity index (χ1n) is 3.56. The quantitative estimate of drug-likeness (QED) is 0.649. The van der Waals surface area contributed by atoms with Crippen LogP contribution in [-0.4, -0.2) is 5.24 Å². The van der Waals surface area contributed by atoms with Gasteiger partial charge in [-0.25, -0.2) is 4.39 Å². The van der Waals surface area contributed by atoms with Crippen molar-refractivity contribution in [1.29, 1.82) is 0 Å². The molecule has 0 radical (unpaired) electrons. The molecule has 1 aromatic carbocycles. The first-order valence-corrected chi connectivity index (χ1v) is 3.94. The SMILES string of the molecule is CC(C(=O)Cl)c1cccc(F)c1. The standard InChI is InChI=1S/C9H8ClFO/c1-6(9(10)12)7-3-2-4-8(11)5-7/h2-6H,1H3. The monoisotopic (exact) mass is 186 g/mol. The van der Waals surface area contributed by atoms with Crippen LogP contribution in [-0.2, 0) is 4.79 Å². The summed E-state index contributed by atoms with van der Waals surface area (Å²) in [5.41, 5.74) is 0.606. The lowest BCUT2D eigenvalue weighted by Gasteiger charge is -2.05. The van der Waals surface area contributed by atoms with Crippen LogP contribution in [0.3, 0.4) is 0 Å². The van der Waals surface area contributed by atoms with Gasteiger partial charge < -0.3 is 0 Å². The van der Waals surface area contributed by atoms with Gasteiger partial charge in [-0.3, -0.25) is 4.79 Å². The van der Waals surface area contributed by atoms with Gasteiger partial charge in [-0.1, -0.05) is 19.1 Å². The first-order chi connectivity index (χ1) is 5.61. The fraction of sp³-hybridized carbons (Fsp3) is 0.222. The predicted octanol–water partition coefficient (Wildman–Crippen LogP) is 2.69. The van der Waals surface area contributed by atoms with Crippen molar-refractivity contribution in [3.05, 3.63) is 35.6 Å². The molecule has 0 aliphatic heterocycles. The highest BCUT2D eigenvalue weighted by Crippen LogP contribution is 2.18. The van der Waals surface area contributed by atoms with E-state index in [0.29, 0.717) is 5.56 Å². The van der Waals surface area contributed by atoms with Crippen LogP contribution in [0.1, 0.15) is 18.4 Å². The van der Waals surface area contributed by atoms with Crippen LogP contribution in [0.15, 0.2) is 24.3 Å². The van der Waals surface area contributed by atoms with Crippen LogP contribution in [0, 0.1) is 5.82 Å². The molecule has 1 unspecified atom stereocenters. The Kier molecular flexibility index (Phi) is 2.82. The van der Waals surface area contributed by atoms with Crippen molar-refractivity contribution in [3.8, 4) is 0 Å². The molecule has 1 aromatic rings. The maximum Gasteiger partial charge on any atom is 0.228 e. The number of halogens is 2. The maximum absolute atomic E-state index is 12.6. The highest BCUT2D eigenvalue weighted by molar-refractivity contribution is 6.64. The van der Waals surface area contributed by atoms with Gasteiger partial charge in [-0.2, -0.15) is 0 Å². The summed E-state index contributed by atoms with van der Waals surface area (Å²) in [6, 6.07) is 5.87. The molecular weight excluding hydrogens is 179 g/mol. The van der Waals surface area contributed by atoms with Crippen molar-refractivity contribution in [2.45, 2.75) is 12.8 Å². The zero-order chi connectivity index (χ0) is 9.14. The second-order valence-electron chi connectivity index (χ2n) is 2.58. The lowest BCUT2D eigenvalue weighted by Crippen LogP contribution is -2.01. The Morgan fingerprint density at radius 2 is 2.25 bits per heavy atom. The summed E-state index contributed by atoms with van der Waals surface area (Å²) in [4.78, 5) is 10.7. The van der Waals surface area contributed by atoms with Crippen LogP contribution in [0.4, 0.5) is 4.39 Å². The van der Waals surface area contributed by atoms with Crippen LogP contribution in [0.2, 0.25) is 0 Å². The number of rotatable bonds is 2. The van der Waals surface area contributed by atoms with Crippen LogP contribution >= 0.6 is 11.6 Å². The van der Waals surface area contributed by atoms with Gasteiger partial charge in [0.15, 0.2) is 0 Å². The molecule has 0 saturated heterocycles. The minimum absolute atomic E-state index is 0.350. The Morgan fingerprint density at radius 1 is 1.58 bits per heavy atom. The van der Waals surface area contributed by atoms with E-state index in [2.05, 4.69) is 0 Å². The molecule has 3 heteroatoms. The fourth-order valence-electron chi connectivity index (χ4n) is 0.907. The third-order valence-electron chi connectivity index (χ3n) is 1.69. The highest BCUT2D eigenvalue weighted by atomic mass is 35.5. The summed E-state index contributed by atoms with van der Waals surface area (Å²) in [5.74, 6) is -0.792. The van der Waals surface area contributed by atoms with E-state index in [0.717, 1.165) is 0 Å². The molecule has 0 saturated carbocycles. The zero-order valence-electron chi connectivity index (χ0n) is 6.55.